The lowest BCUT2D eigenvalue weighted by Crippen LogP contribution is -2.49. The molecular weight excluding hydrogens is 238 g/mol. The normalized spacial score (nSPS) is 11.3. The summed E-state index contributed by atoms with van der Waals surface area (Å²) >= 11 is 0. The van der Waals surface area contributed by atoms with Crippen molar-refractivity contribution < 1.29 is 25.2 Å². The topological polar surface area (TPSA) is 110 Å². The van der Waals surface area contributed by atoms with E-state index in [0.29, 0.717) is 11.3 Å². The van der Waals surface area contributed by atoms with Crippen LogP contribution in [0.5, 0.6) is 0 Å². The van der Waals surface area contributed by atoms with Gasteiger partial charge in [0.1, 0.15) is 5.54 Å². The van der Waals surface area contributed by atoms with Crippen LogP contribution in [0.2, 0.25) is 0 Å². The summed E-state index contributed by atoms with van der Waals surface area (Å²) in [6.07, 6.45) is 0. The van der Waals surface area contributed by atoms with Crippen LogP contribution in [0.3, 0.4) is 0 Å². The zero-order valence-electron chi connectivity index (χ0n) is 10.1. The summed E-state index contributed by atoms with van der Waals surface area (Å²) in [5, 5.41) is 39.2. The van der Waals surface area contributed by atoms with E-state index in [1.807, 2.05) is 0 Å². The lowest BCUT2D eigenvalue weighted by atomic mass is 10.0. The molecule has 100 valence electrons. The predicted octanol–water partition coefficient (Wildman–Crippen LogP) is -0.179. The van der Waals surface area contributed by atoms with Crippen molar-refractivity contribution in [3.63, 3.8) is 0 Å². The molecule has 1 aromatic rings. The van der Waals surface area contributed by atoms with Gasteiger partial charge in [0.15, 0.2) is 0 Å². The number of carbonyl (C=O) groups is 1. The molecule has 0 amide bonds. The van der Waals surface area contributed by atoms with Gasteiger partial charge in [-0.15, -0.1) is 0 Å². The van der Waals surface area contributed by atoms with Crippen molar-refractivity contribution in [2.75, 3.05) is 25.1 Å². The second kappa shape index (κ2) is 5.81. The molecule has 18 heavy (non-hydrogen) atoms. The maximum Gasteiger partial charge on any atom is 0.335 e. The summed E-state index contributed by atoms with van der Waals surface area (Å²) in [7, 11) is 0. The number of benzene rings is 1. The molecular formula is C12H17NO5. The third-order valence-electron chi connectivity index (χ3n) is 2.77. The van der Waals surface area contributed by atoms with Crippen molar-refractivity contribution in [2.45, 2.75) is 12.5 Å². The van der Waals surface area contributed by atoms with E-state index in [0.717, 1.165) is 0 Å². The minimum Gasteiger partial charge on any atom is -0.478 e. The lowest BCUT2D eigenvalue weighted by molar-refractivity contribution is 0.0695. The number of carboxylic acids is 1. The zero-order valence-corrected chi connectivity index (χ0v) is 10.1. The first-order chi connectivity index (χ1) is 8.48. The molecule has 0 saturated carbocycles. The minimum absolute atomic E-state index is 0.183. The molecule has 1 rings (SSSR count). The van der Waals surface area contributed by atoms with Gasteiger partial charge < -0.3 is 25.7 Å². The fraction of sp³-hybridized carbons (Fsp3) is 0.417. The summed E-state index contributed by atoms with van der Waals surface area (Å²) < 4.78 is 0. The number of hydrogen-bond donors (Lipinski definition) is 5. The fourth-order valence-corrected chi connectivity index (χ4v) is 1.56. The van der Waals surface area contributed by atoms with Crippen LogP contribution < -0.4 is 5.32 Å². The Morgan fingerprint density at radius 1 is 1.22 bits per heavy atom. The maximum absolute atomic E-state index is 10.8. The molecule has 0 fully saturated rings. The maximum atomic E-state index is 10.8. The molecule has 0 radical (unpaired) electrons. The first-order valence-corrected chi connectivity index (χ1v) is 5.43. The summed E-state index contributed by atoms with van der Waals surface area (Å²) in [5.41, 5.74) is 0.0324. The van der Waals surface area contributed by atoms with Gasteiger partial charge in [0.05, 0.1) is 25.4 Å². The minimum atomic E-state index is -1.23. The predicted molar refractivity (Wildman–Crippen MR) is 65.7 cm³/mol. The van der Waals surface area contributed by atoms with Crippen molar-refractivity contribution in [1.29, 1.82) is 0 Å². The molecule has 0 aliphatic heterocycles. The van der Waals surface area contributed by atoms with E-state index >= 15 is 0 Å². The molecule has 0 saturated heterocycles. The van der Waals surface area contributed by atoms with Gasteiger partial charge >= 0.3 is 5.97 Å². The van der Waals surface area contributed by atoms with Crippen molar-refractivity contribution in [3.05, 3.63) is 29.3 Å². The monoisotopic (exact) mass is 255 g/mol. The highest BCUT2D eigenvalue weighted by Crippen LogP contribution is 2.19. The smallest absolute Gasteiger partial charge is 0.335 e. The van der Waals surface area contributed by atoms with Crippen LogP contribution in [0.4, 0.5) is 5.69 Å². The molecule has 0 heterocycles. The quantitative estimate of drug-likeness (QED) is 0.482. The van der Waals surface area contributed by atoms with Crippen LogP contribution in [-0.4, -0.2) is 51.8 Å². The van der Waals surface area contributed by atoms with E-state index in [-0.39, 0.29) is 5.56 Å². The fourth-order valence-electron chi connectivity index (χ4n) is 1.56. The number of hydrogen-bond acceptors (Lipinski definition) is 5. The lowest BCUT2D eigenvalue weighted by Gasteiger charge is -2.30. The van der Waals surface area contributed by atoms with Gasteiger partial charge in [0.2, 0.25) is 0 Å². The summed E-state index contributed by atoms with van der Waals surface area (Å²) in [6.45, 7) is 0.312. The van der Waals surface area contributed by atoms with Crippen LogP contribution in [0, 0.1) is 6.92 Å². The van der Waals surface area contributed by atoms with Crippen LogP contribution in [0.25, 0.3) is 0 Å². The van der Waals surface area contributed by atoms with Crippen molar-refractivity contribution in [1.82, 2.24) is 0 Å². The number of aliphatic hydroxyl groups is 3. The van der Waals surface area contributed by atoms with Gasteiger partial charge in [0.25, 0.3) is 0 Å². The van der Waals surface area contributed by atoms with Crippen LogP contribution in [0.1, 0.15) is 15.9 Å². The first-order valence-electron chi connectivity index (χ1n) is 5.43. The average Bonchev–Trinajstić information content (AvgIpc) is 2.36. The van der Waals surface area contributed by atoms with Crippen molar-refractivity contribution in [3.8, 4) is 0 Å². The van der Waals surface area contributed by atoms with Gasteiger partial charge in [-0.2, -0.15) is 0 Å². The SMILES string of the molecule is Cc1cc(NC(CO)(CO)CO)ccc1C(=O)O. The van der Waals surface area contributed by atoms with Gasteiger partial charge in [-0.05, 0) is 30.7 Å². The first kappa shape index (κ1) is 14.4. The Kier molecular flexibility index (Phi) is 4.66. The Balaban J connectivity index is 2.98. The molecule has 0 spiro atoms. The van der Waals surface area contributed by atoms with E-state index in [4.69, 9.17) is 5.11 Å². The molecule has 1 aromatic carbocycles. The molecule has 5 N–H and O–H groups in total. The average molecular weight is 255 g/mol. The number of rotatable bonds is 6. The Bertz CT molecular complexity index is 420. The third kappa shape index (κ3) is 2.98. The number of aryl methyl sites for hydroxylation is 1. The number of aliphatic hydroxyl groups excluding tert-OH is 3. The second-order valence-electron chi connectivity index (χ2n) is 4.21. The second-order valence-corrected chi connectivity index (χ2v) is 4.21. The Morgan fingerprint density at radius 2 is 1.78 bits per heavy atom. The Labute approximate surface area is 105 Å². The molecule has 0 atom stereocenters. The van der Waals surface area contributed by atoms with Crippen molar-refractivity contribution in [2.24, 2.45) is 0 Å². The van der Waals surface area contributed by atoms with Crippen LogP contribution in [-0.2, 0) is 0 Å². The van der Waals surface area contributed by atoms with Crippen LogP contribution >= 0.6 is 0 Å². The van der Waals surface area contributed by atoms with E-state index < -0.39 is 31.3 Å². The number of carboxylic acid groups (broad SMARTS) is 1. The summed E-state index contributed by atoms with van der Waals surface area (Å²) in [6, 6.07) is 4.53. The highest BCUT2D eigenvalue weighted by molar-refractivity contribution is 5.89. The number of aromatic carboxylic acids is 1. The van der Waals surface area contributed by atoms with Gasteiger partial charge in [-0.25, -0.2) is 4.79 Å². The van der Waals surface area contributed by atoms with Gasteiger partial charge in [0, 0.05) is 5.69 Å². The van der Waals surface area contributed by atoms with E-state index in [1.165, 1.54) is 12.1 Å². The number of anilines is 1. The molecule has 0 unspecified atom stereocenters. The van der Waals surface area contributed by atoms with Gasteiger partial charge in [-0.1, -0.05) is 0 Å². The summed E-state index contributed by atoms with van der Waals surface area (Å²) in [4.78, 5) is 10.8. The molecule has 6 nitrogen and oxygen atoms in total. The largest absolute Gasteiger partial charge is 0.478 e. The highest BCUT2D eigenvalue weighted by atomic mass is 16.4. The summed E-state index contributed by atoms with van der Waals surface area (Å²) in [5.74, 6) is -1.02. The third-order valence-corrected chi connectivity index (χ3v) is 2.77. The Hall–Kier alpha value is -1.63. The van der Waals surface area contributed by atoms with E-state index in [9.17, 15) is 20.1 Å². The van der Waals surface area contributed by atoms with E-state index in [1.54, 1.807) is 13.0 Å². The van der Waals surface area contributed by atoms with Gasteiger partial charge in [-0.3, -0.25) is 0 Å². The standard InChI is InChI=1S/C12H17NO5/c1-8-4-9(2-3-10(8)11(17)18)13-12(5-14,6-15)7-16/h2-4,13-16H,5-7H2,1H3,(H,17,18). The zero-order chi connectivity index (χ0) is 13.8. The molecule has 0 aliphatic carbocycles. The molecule has 0 bridgehead atoms. The number of nitrogens with one attached hydrogen (secondary N) is 1. The molecule has 0 aliphatic rings. The molecule has 0 aromatic heterocycles. The molecule has 6 heteroatoms. The Morgan fingerprint density at radius 3 is 2.17 bits per heavy atom. The van der Waals surface area contributed by atoms with Crippen molar-refractivity contribution >= 4 is 11.7 Å². The highest BCUT2D eigenvalue weighted by Gasteiger charge is 2.27. The van der Waals surface area contributed by atoms with E-state index in [2.05, 4.69) is 5.32 Å². The van der Waals surface area contributed by atoms with Crippen LogP contribution in [0.15, 0.2) is 18.2 Å².